The van der Waals surface area contributed by atoms with Crippen molar-refractivity contribution in [2.24, 2.45) is 0 Å². The van der Waals surface area contributed by atoms with Crippen molar-refractivity contribution in [2.75, 3.05) is 6.61 Å². The summed E-state index contributed by atoms with van der Waals surface area (Å²) >= 11 is 0. The van der Waals surface area contributed by atoms with Gasteiger partial charge in [-0.1, -0.05) is 38.0 Å². The van der Waals surface area contributed by atoms with Crippen LogP contribution in [0.4, 0.5) is 0 Å². The first-order chi connectivity index (χ1) is 7.39. The summed E-state index contributed by atoms with van der Waals surface area (Å²) in [5.74, 6) is 0.799. The molecule has 0 radical (unpaired) electrons. The van der Waals surface area contributed by atoms with Gasteiger partial charge in [-0.05, 0) is 32.9 Å². The summed E-state index contributed by atoms with van der Waals surface area (Å²) in [5, 5.41) is 9.41. The van der Waals surface area contributed by atoms with Crippen molar-refractivity contribution in [3.8, 4) is 5.75 Å². The van der Waals surface area contributed by atoms with Crippen LogP contribution in [0.3, 0.4) is 0 Å². The van der Waals surface area contributed by atoms with Gasteiger partial charge in [-0.25, -0.2) is 0 Å². The van der Waals surface area contributed by atoms with Gasteiger partial charge >= 0.3 is 0 Å². The number of aryl methyl sites for hydroxylation is 1. The minimum atomic E-state index is -0.773. The number of ether oxygens (including phenoxy) is 1. The molecular formula is C14H24O2. The molecule has 0 aliphatic heterocycles. The van der Waals surface area contributed by atoms with Gasteiger partial charge in [0.25, 0.3) is 0 Å². The van der Waals surface area contributed by atoms with Crippen molar-refractivity contribution in [3.63, 3.8) is 0 Å². The molecule has 0 amide bonds. The number of benzene rings is 1. The van der Waals surface area contributed by atoms with Crippen molar-refractivity contribution < 1.29 is 9.84 Å². The van der Waals surface area contributed by atoms with Gasteiger partial charge in [0.2, 0.25) is 0 Å². The van der Waals surface area contributed by atoms with E-state index in [1.165, 1.54) is 12.0 Å². The molecule has 0 saturated heterocycles. The van der Waals surface area contributed by atoms with E-state index in [4.69, 9.17) is 4.74 Å². The average molecular weight is 224 g/mol. The van der Waals surface area contributed by atoms with Crippen molar-refractivity contribution in [1.29, 1.82) is 0 Å². The second-order valence-electron chi connectivity index (χ2n) is 4.62. The first-order valence-electron chi connectivity index (χ1n) is 5.81. The summed E-state index contributed by atoms with van der Waals surface area (Å²) in [6.07, 6.45) is 1.25. The van der Waals surface area contributed by atoms with Crippen molar-refractivity contribution in [3.05, 3.63) is 29.8 Å². The minimum absolute atomic E-state index is 0.316. The van der Waals surface area contributed by atoms with E-state index in [1.54, 1.807) is 13.8 Å². The predicted octanol–water partition coefficient (Wildman–Crippen LogP) is 3.56. The first-order valence-corrected chi connectivity index (χ1v) is 5.81. The minimum Gasteiger partial charge on any atom is -0.491 e. The normalized spacial score (nSPS) is 10.4. The Balaban J connectivity index is 0.000000673. The molecule has 0 heterocycles. The standard InChI is InChI=1S/C11H16O2.C3H8/c1-9-4-6-10(7-5-9)13-8-11(2,3)12;1-3-2/h4-7,12H,8H2,1-3H3;3H2,1-2H3. The molecule has 0 fully saturated rings. The Labute approximate surface area is 99.3 Å². The number of hydrogen-bond donors (Lipinski definition) is 1. The van der Waals surface area contributed by atoms with E-state index in [0.717, 1.165) is 5.75 Å². The average Bonchev–Trinajstić information content (AvgIpc) is 2.17. The summed E-state index contributed by atoms with van der Waals surface area (Å²) in [6.45, 7) is 10.0. The van der Waals surface area contributed by atoms with E-state index in [1.807, 2.05) is 31.2 Å². The summed E-state index contributed by atoms with van der Waals surface area (Å²) in [5.41, 5.74) is 0.431. The third kappa shape index (κ3) is 8.30. The van der Waals surface area contributed by atoms with Crippen molar-refractivity contribution in [2.45, 2.75) is 46.6 Å². The Bertz CT molecular complexity index is 270. The summed E-state index contributed by atoms with van der Waals surface area (Å²) in [7, 11) is 0. The van der Waals surface area contributed by atoms with Crippen LogP contribution in [-0.4, -0.2) is 17.3 Å². The van der Waals surface area contributed by atoms with E-state index in [-0.39, 0.29) is 0 Å². The molecule has 1 aromatic carbocycles. The maximum atomic E-state index is 9.41. The smallest absolute Gasteiger partial charge is 0.119 e. The molecule has 0 atom stereocenters. The largest absolute Gasteiger partial charge is 0.491 e. The highest BCUT2D eigenvalue weighted by molar-refractivity contribution is 5.26. The molecular weight excluding hydrogens is 200 g/mol. The highest BCUT2D eigenvalue weighted by atomic mass is 16.5. The van der Waals surface area contributed by atoms with Gasteiger partial charge in [0.15, 0.2) is 0 Å². The highest BCUT2D eigenvalue weighted by Crippen LogP contribution is 2.13. The monoisotopic (exact) mass is 224 g/mol. The third-order valence-electron chi connectivity index (χ3n) is 1.61. The maximum absolute atomic E-state index is 9.41. The Hall–Kier alpha value is -1.02. The van der Waals surface area contributed by atoms with Crippen LogP contribution in [0, 0.1) is 6.92 Å². The van der Waals surface area contributed by atoms with Gasteiger partial charge in [-0.15, -0.1) is 0 Å². The Kier molecular flexibility index (Phi) is 6.82. The van der Waals surface area contributed by atoms with Gasteiger partial charge in [-0.2, -0.15) is 0 Å². The lowest BCUT2D eigenvalue weighted by molar-refractivity contribution is 0.0285. The SMILES string of the molecule is CCC.Cc1ccc(OCC(C)(C)O)cc1. The fourth-order valence-electron chi connectivity index (χ4n) is 0.894. The fraction of sp³-hybridized carbons (Fsp3) is 0.571. The molecule has 1 aromatic rings. The molecule has 16 heavy (non-hydrogen) atoms. The molecule has 92 valence electrons. The van der Waals surface area contributed by atoms with Crippen molar-refractivity contribution >= 4 is 0 Å². The van der Waals surface area contributed by atoms with E-state index in [0.29, 0.717) is 6.61 Å². The van der Waals surface area contributed by atoms with Crippen LogP contribution in [-0.2, 0) is 0 Å². The second-order valence-corrected chi connectivity index (χ2v) is 4.62. The molecule has 2 heteroatoms. The van der Waals surface area contributed by atoms with Crippen LogP contribution in [0.1, 0.15) is 39.7 Å². The Morgan fingerprint density at radius 3 is 1.94 bits per heavy atom. The zero-order valence-electron chi connectivity index (χ0n) is 11.1. The lowest BCUT2D eigenvalue weighted by Gasteiger charge is -2.17. The van der Waals surface area contributed by atoms with E-state index in [2.05, 4.69) is 13.8 Å². The molecule has 0 aliphatic rings. The lowest BCUT2D eigenvalue weighted by atomic mass is 10.2. The van der Waals surface area contributed by atoms with Crippen LogP contribution in [0.2, 0.25) is 0 Å². The molecule has 0 spiro atoms. The van der Waals surface area contributed by atoms with Gasteiger partial charge in [-0.3, -0.25) is 0 Å². The Morgan fingerprint density at radius 1 is 1.12 bits per heavy atom. The lowest BCUT2D eigenvalue weighted by Crippen LogP contribution is -2.27. The summed E-state index contributed by atoms with van der Waals surface area (Å²) in [6, 6.07) is 7.78. The summed E-state index contributed by atoms with van der Waals surface area (Å²) in [4.78, 5) is 0. The van der Waals surface area contributed by atoms with Gasteiger partial charge in [0.05, 0.1) is 5.60 Å². The number of rotatable bonds is 3. The number of hydrogen-bond acceptors (Lipinski definition) is 2. The molecule has 0 bridgehead atoms. The molecule has 1 rings (SSSR count). The molecule has 1 N–H and O–H groups in total. The molecule has 0 saturated carbocycles. The van der Waals surface area contributed by atoms with Gasteiger partial charge in [0.1, 0.15) is 12.4 Å². The molecule has 0 aliphatic carbocycles. The molecule has 0 aromatic heterocycles. The van der Waals surface area contributed by atoms with Gasteiger partial charge < -0.3 is 9.84 Å². The van der Waals surface area contributed by atoms with Crippen molar-refractivity contribution in [1.82, 2.24) is 0 Å². The zero-order chi connectivity index (χ0) is 12.6. The highest BCUT2D eigenvalue weighted by Gasteiger charge is 2.12. The van der Waals surface area contributed by atoms with Crippen LogP contribution < -0.4 is 4.74 Å². The predicted molar refractivity (Wildman–Crippen MR) is 68.9 cm³/mol. The van der Waals surface area contributed by atoms with E-state index < -0.39 is 5.60 Å². The quantitative estimate of drug-likeness (QED) is 0.850. The van der Waals surface area contributed by atoms with Crippen LogP contribution >= 0.6 is 0 Å². The topological polar surface area (TPSA) is 29.5 Å². The van der Waals surface area contributed by atoms with Crippen LogP contribution in [0.25, 0.3) is 0 Å². The second kappa shape index (κ2) is 7.29. The fourth-order valence-corrected chi connectivity index (χ4v) is 0.894. The van der Waals surface area contributed by atoms with E-state index in [9.17, 15) is 5.11 Å². The zero-order valence-corrected chi connectivity index (χ0v) is 11.1. The maximum Gasteiger partial charge on any atom is 0.119 e. The van der Waals surface area contributed by atoms with Gasteiger partial charge in [0, 0.05) is 0 Å². The molecule has 2 nitrogen and oxygen atoms in total. The van der Waals surface area contributed by atoms with Crippen LogP contribution in [0.5, 0.6) is 5.75 Å². The molecule has 0 unspecified atom stereocenters. The number of aliphatic hydroxyl groups is 1. The van der Waals surface area contributed by atoms with E-state index >= 15 is 0 Å². The first kappa shape index (κ1) is 15.0. The third-order valence-corrected chi connectivity index (χ3v) is 1.61. The summed E-state index contributed by atoms with van der Waals surface area (Å²) < 4.78 is 5.38. The van der Waals surface area contributed by atoms with Crippen LogP contribution in [0.15, 0.2) is 24.3 Å². The Morgan fingerprint density at radius 2 is 1.56 bits per heavy atom.